The van der Waals surface area contributed by atoms with Gasteiger partial charge in [-0.1, -0.05) is 88.7 Å². The van der Waals surface area contributed by atoms with Gasteiger partial charge in [-0.2, -0.15) is 0 Å². The van der Waals surface area contributed by atoms with E-state index in [-0.39, 0.29) is 5.76 Å². The Hall–Kier alpha value is -2.23. The van der Waals surface area contributed by atoms with E-state index in [1.54, 1.807) is 12.2 Å². The van der Waals surface area contributed by atoms with Crippen molar-refractivity contribution in [2.75, 3.05) is 0 Å². The number of aliphatic carboxylic acids is 1. The van der Waals surface area contributed by atoms with E-state index in [0.29, 0.717) is 0 Å². The molecule has 0 unspecified atom stereocenters. The molecule has 0 bridgehead atoms. The van der Waals surface area contributed by atoms with Crippen LogP contribution in [0.1, 0.15) is 71.1 Å². The molecule has 0 aromatic carbocycles. The molecular weight excluding hydrogens is 328 g/mol. The number of hydrogen-bond acceptors (Lipinski definition) is 3. The first kappa shape index (κ1) is 23.8. The SMILES string of the molecule is CCCCCCCCCCC/C=C/C=C/C=C/C(O)=C(O)/C=C/C(=O)O. The van der Waals surface area contributed by atoms with Crippen LogP contribution in [0.5, 0.6) is 0 Å². The molecule has 4 nitrogen and oxygen atoms in total. The summed E-state index contributed by atoms with van der Waals surface area (Å²) in [5.74, 6) is -2.06. The minimum Gasteiger partial charge on any atom is -0.504 e. The molecule has 0 aliphatic heterocycles. The molecule has 146 valence electrons. The van der Waals surface area contributed by atoms with Crippen LogP contribution in [-0.4, -0.2) is 21.3 Å². The fourth-order valence-electron chi connectivity index (χ4n) is 2.34. The molecule has 0 amide bonds. The van der Waals surface area contributed by atoms with Gasteiger partial charge in [-0.05, 0) is 25.0 Å². The van der Waals surface area contributed by atoms with Crippen LogP contribution >= 0.6 is 0 Å². The minimum absolute atomic E-state index is 0.383. The summed E-state index contributed by atoms with van der Waals surface area (Å²) in [6.45, 7) is 2.24. The van der Waals surface area contributed by atoms with Gasteiger partial charge in [-0.3, -0.25) is 0 Å². The minimum atomic E-state index is -1.19. The highest BCUT2D eigenvalue weighted by Gasteiger charge is 1.95. The Bertz CT molecular complexity index is 510. The summed E-state index contributed by atoms with van der Waals surface area (Å²) < 4.78 is 0. The van der Waals surface area contributed by atoms with Crippen LogP contribution in [0.3, 0.4) is 0 Å². The fourth-order valence-corrected chi connectivity index (χ4v) is 2.34. The number of aliphatic hydroxyl groups excluding tert-OH is 2. The van der Waals surface area contributed by atoms with Crippen LogP contribution in [0.2, 0.25) is 0 Å². The summed E-state index contributed by atoms with van der Waals surface area (Å²) in [4.78, 5) is 10.3. The van der Waals surface area contributed by atoms with Gasteiger partial charge in [0.05, 0.1) is 0 Å². The Labute approximate surface area is 157 Å². The second-order valence-corrected chi connectivity index (χ2v) is 6.23. The molecule has 0 radical (unpaired) electrons. The number of aliphatic hydroxyl groups is 2. The standard InChI is InChI=1S/C22H34O4/c1-2-3-4-5-6-7-8-9-10-11-12-13-14-15-16-17-20(23)21(24)18-19-22(25)26/h12-19,23-24H,2-11H2,1H3,(H,25,26)/b13-12+,15-14+,17-16+,19-18+,21-20+. The first-order valence-electron chi connectivity index (χ1n) is 9.61. The first-order valence-corrected chi connectivity index (χ1v) is 9.61. The van der Waals surface area contributed by atoms with Crippen molar-refractivity contribution in [3.63, 3.8) is 0 Å². The molecular formula is C22H34O4. The van der Waals surface area contributed by atoms with Crippen LogP contribution in [-0.2, 0) is 4.79 Å². The van der Waals surface area contributed by atoms with Crippen LogP contribution in [0.25, 0.3) is 0 Å². The molecule has 0 spiro atoms. The van der Waals surface area contributed by atoms with Crippen LogP contribution < -0.4 is 0 Å². The van der Waals surface area contributed by atoms with E-state index in [1.807, 2.05) is 12.2 Å². The molecule has 0 aliphatic rings. The molecule has 3 N–H and O–H groups in total. The lowest BCUT2D eigenvalue weighted by Crippen LogP contribution is -1.89. The lowest BCUT2D eigenvalue weighted by Gasteiger charge is -2.00. The summed E-state index contributed by atoms with van der Waals surface area (Å²) >= 11 is 0. The molecule has 4 heteroatoms. The van der Waals surface area contributed by atoms with Crippen molar-refractivity contribution in [2.45, 2.75) is 71.1 Å². The monoisotopic (exact) mass is 362 g/mol. The zero-order valence-electron chi connectivity index (χ0n) is 15.9. The van der Waals surface area contributed by atoms with Crippen molar-refractivity contribution in [3.05, 3.63) is 60.1 Å². The van der Waals surface area contributed by atoms with Crippen molar-refractivity contribution in [1.82, 2.24) is 0 Å². The number of unbranched alkanes of at least 4 members (excludes halogenated alkanes) is 9. The van der Waals surface area contributed by atoms with Gasteiger partial charge in [0.15, 0.2) is 11.5 Å². The van der Waals surface area contributed by atoms with Crippen molar-refractivity contribution in [1.29, 1.82) is 0 Å². The molecule has 0 aliphatic carbocycles. The van der Waals surface area contributed by atoms with Crippen molar-refractivity contribution < 1.29 is 20.1 Å². The average molecular weight is 363 g/mol. The number of carboxylic acids is 1. The lowest BCUT2D eigenvalue weighted by molar-refractivity contribution is -0.131. The predicted molar refractivity (Wildman–Crippen MR) is 108 cm³/mol. The van der Waals surface area contributed by atoms with Gasteiger partial charge in [0.25, 0.3) is 0 Å². The third kappa shape index (κ3) is 16.6. The van der Waals surface area contributed by atoms with Crippen molar-refractivity contribution >= 4 is 5.97 Å². The van der Waals surface area contributed by atoms with Crippen LogP contribution in [0, 0.1) is 0 Å². The zero-order valence-corrected chi connectivity index (χ0v) is 15.9. The van der Waals surface area contributed by atoms with E-state index in [0.717, 1.165) is 18.6 Å². The van der Waals surface area contributed by atoms with Gasteiger partial charge in [-0.25, -0.2) is 4.79 Å². The molecule has 0 saturated heterocycles. The Kier molecular flexibility index (Phi) is 16.1. The maximum atomic E-state index is 10.3. The molecule has 0 atom stereocenters. The lowest BCUT2D eigenvalue weighted by atomic mass is 10.1. The summed E-state index contributed by atoms with van der Waals surface area (Å²) in [5, 5.41) is 27.3. The first-order chi connectivity index (χ1) is 12.6. The van der Waals surface area contributed by atoms with E-state index in [2.05, 4.69) is 13.0 Å². The molecule has 0 saturated carbocycles. The highest BCUT2D eigenvalue weighted by Crippen LogP contribution is 2.10. The third-order valence-corrected chi connectivity index (χ3v) is 3.84. The van der Waals surface area contributed by atoms with E-state index in [9.17, 15) is 15.0 Å². The number of hydrogen-bond donors (Lipinski definition) is 3. The number of carboxylic acid groups (broad SMARTS) is 1. The topological polar surface area (TPSA) is 77.8 Å². The maximum absolute atomic E-state index is 10.3. The molecule has 0 fully saturated rings. The predicted octanol–water partition coefficient (Wildman–Crippen LogP) is 6.54. The van der Waals surface area contributed by atoms with Gasteiger partial charge in [0, 0.05) is 6.08 Å². The number of rotatable bonds is 15. The smallest absolute Gasteiger partial charge is 0.328 e. The highest BCUT2D eigenvalue weighted by molar-refractivity contribution is 5.80. The van der Waals surface area contributed by atoms with Crippen molar-refractivity contribution in [3.8, 4) is 0 Å². The molecule has 26 heavy (non-hydrogen) atoms. The summed E-state index contributed by atoms with van der Waals surface area (Å²) in [7, 11) is 0. The van der Waals surface area contributed by atoms with Gasteiger partial charge in [0.1, 0.15) is 0 Å². The van der Waals surface area contributed by atoms with Crippen LogP contribution in [0.15, 0.2) is 60.1 Å². The van der Waals surface area contributed by atoms with Gasteiger partial charge in [-0.15, -0.1) is 0 Å². The highest BCUT2D eigenvalue weighted by atomic mass is 16.4. The summed E-state index contributed by atoms with van der Waals surface area (Å²) in [6, 6.07) is 0. The summed E-state index contributed by atoms with van der Waals surface area (Å²) in [6.07, 6.45) is 25.2. The Balaban J connectivity index is 3.75. The molecule has 0 aromatic heterocycles. The normalized spacial score (nSPS) is 13.4. The molecule has 0 aromatic rings. The summed E-state index contributed by atoms with van der Waals surface area (Å²) in [5.41, 5.74) is 0. The van der Waals surface area contributed by atoms with E-state index < -0.39 is 11.7 Å². The average Bonchev–Trinajstić information content (AvgIpc) is 2.62. The maximum Gasteiger partial charge on any atom is 0.328 e. The Morgan fingerprint density at radius 3 is 1.81 bits per heavy atom. The van der Waals surface area contributed by atoms with E-state index in [1.165, 1.54) is 63.9 Å². The van der Waals surface area contributed by atoms with Crippen molar-refractivity contribution in [2.24, 2.45) is 0 Å². The largest absolute Gasteiger partial charge is 0.504 e. The Morgan fingerprint density at radius 2 is 1.19 bits per heavy atom. The van der Waals surface area contributed by atoms with Gasteiger partial charge >= 0.3 is 5.97 Å². The molecule has 0 heterocycles. The number of allylic oxidation sites excluding steroid dienone is 7. The zero-order chi connectivity index (χ0) is 19.5. The van der Waals surface area contributed by atoms with Gasteiger partial charge < -0.3 is 15.3 Å². The van der Waals surface area contributed by atoms with Crippen LogP contribution in [0.4, 0.5) is 0 Å². The van der Waals surface area contributed by atoms with E-state index in [4.69, 9.17) is 5.11 Å². The molecule has 0 rings (SSSR count). The number of carbonyl (C=O) groups is 1. The second-order valence-electron chi connectivity index (χ2n) is 6.23. The van der Waals surface area contributed by atoms with Gasteiger partial charge in [0.2, 0.25) is 0 Å². The van der Waals surface area contributed by atoms with E-state index >= 15 is 0 Å². The quantitative estimate of drug-likeness (QED) is 0.134. The second kappa shape index (κ2) is 17.6. The third-order valence-electron chi connectivity index (χ3n) is 3.84. The fraction of sp³-hybridized carbons (Fsp3) is 0.500. The Morgan fingerprint density at radius 1 is 0.654 bits per heavy atom.